The Morgan fingerprint density at radius 1 is 1.31 bits per heavy atom. The largest absolute Gasteiger partial charge is 0.450 e. The van der Waals surface area contributed by atoms with Crippen LogP contribution in [0.5, 0.6) is 0 Å². The van der Waals surface area contributed by atoms with Crippen molar-refractivity contribution in [3.63, 3.8) is 0 Å². The van der Waals surface area contributed by atoms with Gasteiger partial charge in [-0.3, -0.25) is 4.90 Å². The predicted molar refractivity (Wildman–Crippen MR) is 103 cm³/mol. The molecule has 1 fully saturated rings. The van der Waals surface area contributed by atoms with E-state index in [1.165, 1.54) is 0 Å². The summed E-state index contributed by atoms with van der Waals surface area (Å²) in [7, 11) is 0. The van der Waals surface area contributed by atoms with Crippen LogP contribution in [0.2, 0.25) is 0 Å². The van der Waals surface area contributed by atoms with Gasteiger partial charge in [-0.05, 0) is 31.4 Å². The lowest BCUT2D eigenvalue weighted by atomic mass is 9.73. The first-order chi connectivity index (χ1) is 18.5. The van der Waals surface area contributed by atoms with Crippen LogP contribution >= 0.6 is 0 Å². The van der Waals surface area contributed by atoms with E-state index >= 15 is 0 Å². The summed E-state index contributed by atoms with van der Waals surface area (Å²) in [6.07, 6.45) is 2.60. The van der Waals surface area contributed by atoms with Gasteiger partial charge in [0.2, 0.25) is 0 Å². The SMILES string of the molecule is [2H]c1c([2H])c([2H])c(C(O)(C(=O)OCC#CCN(C([2H])([2H])C([2H])([2H])[2H])C([2H])([2H])C([2H])([2H])[2H])C2CCCCC2)c([2H])c1[2H]. The smallest absolute Gasteiger partial charge is 0.344 e. The second-order valence-electron chi connectivity index (χ2n) is 5.84. The van der Waals surface area contributed by atoms with Gasteiger partial charge < -0.3 is 9.84 Å². The standard InChI is InChI=1S/C22H31NO3/c1-3-23(4-2)17-11-12-18-26-21(24)22(25,19-13-7-5-8-14-19)20-15-9-6-10-16-20/h5,7-8,13-14,20,25H,3-4,6,9-10,15-18H2,1-2H3/i1D3,2D3,3D2,4D2,5D,7D,8D,13D,14D. The van der Waals surface area contributed by atoms with E-state index in [-0.39, 0.29) is 4.90 Å². The molecule has 26 heavy (non-hydrogen) atoms. The maximum Gasteiger partial charge on any atom is 0.344 e. The van der Waals surface area contributed by atoms with Gasteiger partial charge in [-0.25, -0.2) is 4.79 Å². The molecule has 0 amide bonds. The van der Waals surface area contributed by atoms with Crippen molar-refractivity contribution >= 4 is 5.97 Å². The van der Waals surface area contributed by atoms with E-state index in [1.807, 2.05) is 0 Å². The fourth-order valence-electron chi connectivity index (χ4n) is 2.94. The monoisotopic (exact) mass is 372 g/mol. The first-order valence-corrected chi connectivity index (χ1v) is 8.25. The molecule has 1 N–H and O–H groups in total. The molecule has 0 spiro atoms. The van der Waals surface area contributed by atoms with Gasteiger partial charge in [0.25, 0.3) is 0 Å². The molecule has 4 heteroatoms. The van der Waals surface area contributed by atoms with Crippen molar-refractivity contribution in [1.29, 1.82) is 0 Å². The summed E-state index contributed by atoms with van der Waals surface area (Å²) >= 11 is 0. The van der Waals surface area contributed by atoms with Crippen molar-refractivity contribution in [1.82, 2.24) is 4.90 Å². The molecule has 1 unspecified atom stereocenters. The van der Waals surface area contributed by atoms with E-state index in [1.54, 1.807) is 0 Å². The van der Waals surface area contributed by atoms with Crippen LogP contribution in [0, 0.1) is 17.8 Å². The highest BCUT2D eigenvalue weighted by molar-refractivity contribution is 5.81. The Morgan fingerprint density at radius 2 is 2.00 bits per heavy atom. The molecule has 0 radical (unpaired) electrons. The minimum Gasteiger partial charge on any atom is -0.450 e. The lowest BCUT2D eigenvalue weighted by molar-refractivity contribution is -0.174. The van der Waals surface area contributed by atoms with E-state index in [9.17, 15) is 9.90 Å². The molecular weight excluding hydrogens is 326 g/mol. The Labute approximate surface area is 178 Å². The maximum atomic E-state index is 13.3. The topological polar surface area (TPSA) is 49.8 Å². The summed E-state index contributed by atoms with van der Waals surface area (Å²) in [5.41, 5.74) is -3.28. The number of nitrogens with zero attached hydrogens (tertiary/aromatic N) is 1. The van der Waals surface area contributed by atoms with Crippen molar-refractivity contribution in [2.24, 2.45) is 5.92 Å². The Kier molecular flexibility index (Phi) is 3.20. The van der Waals surface area contributed by atoms with Gasteiger partial charge in [0.1, 0.15) is 0 Å². The van der Waals surface area contributed by atoms with Crippen LogP contribution in [0.3, 0.4) is 0 Å². The zero-order valence-electron chi connectivity index (χ0n) is 29.2. The number of benzene rings is 1. The van der Waals surface area contributed by atoms with Gasteiger partial charge in [-0.2, -0.15) is 0 Å². The third-order valence-corrected chi connectivity index (χ3v) is 4.30. The minimum absolute atomic E-state index is 0.0696. The molecule has 4 nitrogen and oxygen atoms in total. The molecule has 0 aliphatic heterocycles. The first-order valence-electron chi connectivity index (χ1n) is 15.7. The normalized spacial score (nSPS) is 27.7. The van der Waals surface area contributed by atoms with Gasteiger partial charge in [0.05, 0.1) is 13.4 Å². The van der Waals surface area contributed by atoms with E-state index in [2.05, 4.69) is 11.8 Å². The number of hydrogen-bond acceptors (Lipinski definition) is 4. The zero-order valence-corrected chi connectivity index (χ0v) is 14.2. The van der Waals surface area contributed by atoms with E-state index in [4.69, 9.17) is 25.3 Å². The van der Waals surface area contributed by atoms with Crippen molar-refractivity contribution in [2.45, 2.75) is 51.4 Å². The van der Waals surface area contributed by atoms with E-state index < -0.39 is 93.1 Å². The first kappa shape index (κ1) is 8.04. The minimum atomic E-state index is -3.46. The molecule has 0 bridgehead atoms. The molecular formula is C22H31NO3. The number of aliphatic hydroxyl groups is 1. The van der Waals surface area contributed by atoms with Crippen molar-refractivity contribution < 1.29 is 35.2 Å². The summed E-state index contributed by atoms with van der Waals surface area (Å²) < 4.78 is 121. The van der Waals surface area contributed by atoms with Gasteiger partial charge in [-0.1, -0.05) is 75.0 Å². The quantitative estimate of drug-likeness (QED) is 0.589. The Morgan fingerprint density at radius 3 is 2.65 bits per heavy atom. The molecule has 0 saturated heterocycles. The molecule has 1 aliphatic carbocycles. The molecule has 2 rings (SSSR count). The second-order valence-corrected chi connectivity index (χ2v) is 5.84. The lowest BCUT2D eigenvalue weighted by Gasteiger charge is -2.36. The molecule has 1 saturated carbocycles. The Bertz CT molecular complexity index is 1140. The van der Waals surface area contributed by atoms with Crippen LogP contribution in [-0.2, 0) is 15.1 Å². The summed E-state index contributed by atoms with van der Waals surface area (Å²) in [5, 5.41) is 11.7. The third-order valence-electron chi connectivity index (χ3n) is 4.30. The van der Waals surface area contributed by atoms with Crippen LogP contribution in [0.15, 0.2) is 30.2 Å². The number of rotatable bonds is 7. The van der Waals surface area contributed by atoms with Crippen molar-refractivity contribution in [3.05, 3.63) is 35.8 Å². The summed E-state index contributed by atoms with van der Waals surface area (Å²) in [4.78, 5) is 13.2. The third kappa shape index (κ3) is 5.09. The molecule has 1 aromatic rings. The fourth-order valence-corrected chi connectivity index (χ4v) is 2.94. The van der Waals surface area contributed by atoms with Crippen LogP contribution in [-0.4, -0.2) is 42.1 Å². The fraction of sp³-hybridized carbons (Fsp3) is 0.591. The van der Waals surface area contributed by atoms with Crippen molar-refractivity contribution in [3.8, 4) is 11.8 Å². The van der Waals surface area contributed by atoms with Crippen molar-refractivity contribution in [2.75, 3.05) is 26.1 Å². The molecule has 1 atom stereocenters. The number of carbonyl (C=O) groups excluding carboxylic acids is 1. The molecule has 1 aliphatic rings. The average molecular weight is 373 g/mol. The Hall–Kier alpha value is -1.83. The van der Waals surface area contributed by atoms with Gasteiger partial charge in [0, 0.05) is 19.6 Å². The molecule has 142 valence electrons. The number of esters is 1. The van der Waals surface area contributed by atoms with Gasteiger partial charge in [0.15, 0.2) is 12.2 Å². The van der Waals surface area contributed by atoms with Crippen LogP contribution in [0.1, 0.15) is 71.9 Å². The highest BCUT2D eigenvalue weighted by atomic mass is 16.5. The highest BCUT2D eigenvalue weighted by Crippen LogP contribution is 2.40. The average Bonchev–Trinajstić information content (AvgIpc) is 2.86. The lowest BCUT2D eigenvalue weighted by Crippen LogP contribution is -2.45. The molecule has 0 aromatic heterocycles. The van der Waals surface area contributed by atoms with E-state index in [0.29, 0.717) is 25.7 Å². The maximum absolute atomic E-state index is 13.3. The zero-order chi connectivity index (χ0) is 31.8. The number of carbonyl (C=O) groups is 1. The van der Waals surface area contributed by atoms with Gasteiger partial charge >= 0.3 is 5.97 Å². The summed E-state index contributed by atoms with van der Waals surface area (Å²) in [6.45, 7) is -15.7. The Balaban J connectivity index is 2.41. The molecule has 0 heterocycles. The predicted octanol–water partition coefficient (Wildman–Crippen LogP) is 3.34. The number of ether oxygens (including phenoxy) is 1. The van der Waals surface area contributed by atoms with Crippen LogP contribution < -0.4 is 0 Å². The van der Waals surface area contributed by atoms with E-state index in [0.717, 1.165) is 6.42 Å². The second kappa shape index (κ2) is 10.4. The molecule has 1 aromatic carbocycles. The van der Waals surface area contributed by atoms with Crippen LogP contribution in [0.4, 0.5) is 0 Å². The van der Waals surface area contributed by atoms with Gasteiger partial charge in [-0.15, -0.1) is 0 Å². The summed E-state index contributed by atoms with van der Waals surface area (Å²) in [5.74, 6) is 2.22. The number of hydrogen-bond donors (Lipinski definition) is 1. The highest BCUT2D eigenvalue weighted by Gasteiger charge is 2.46. The summed E-state index contributed by atoms with van der Waals surface area (Å²) in [6, 6.07) is -3.78. The van der Waals surface area contributed by atoms with Crippen LogP contribution in [0.25, 0.3) is 0 Å².